The molecule has 0 atom stereocenters. The number of aromatic nitrogens is 1. The molecule has 0 bridgehead atoms. The molecule has 1 amide bonds. The van der Waals surface area contributed by atoms with Crippen LogP contribution in [-0.4, -0.2) is 31.8 Å². The zero-order chi connectivity index (χ0) is 20.9. The smallest absolute Gasteiger partial charge is 0.277 e. The molecule has 0 fully saturated rings. The van der Waals surface area contributed by atoms with Crippen LogP contribution in [0, 0.1) is 0 Å². The van der Waals surface area contributed by atoms with E-state index in [9.17, 15) is 13.2 Å². The van der Waals surface area contributed by atoms with Crippen LogP contribution >= 0.6 is 0 Å². The minimum atomic E-state index is -3.28. The Bertz CT molecular complexity index is 1070. The maximum absolute atomic E-state index is 12.4. The average Bonchev–Trinajstić information content (AvgIpc) is 3.20. The fourth-order valence-corrected chi connectivity index (χ4v) is 4.05. The van der Waals surface area contributed by atoms with Crippen molar-refractivity contribution in [2.75, 3.05) is 17.7 Å². The molecule has 152 valence electrons. The molecule has 0 radical (unpaired) electrons. The van der Waals surface area contributed by atoms with Gasteiger partial charge in [0, 0.05) is 17.3 Å². The first kappa shape index (κ1) is 20.6. The number of amides is 1. The summed E-state index contributed by atoms with van der Waals surface area (Å²) in [6, 6.07) is 14.8. The molecule has 0 aliphatic carbocycles. The van der Waals surface area contributed by atoms with Crippen LogP contribution in [0.4, 0.5) is 5.69 Å². The summed E-state index contributed by atoms with van der Waals surface area (Å²) in [5.74, 6) is 0.788. The summed E-state index contributed by atoms with van der Waals surface area (Å²) in [5.41, 5.74) is 1.36. The molecule has 1 heterocycles. The first-order chi connectivity index (χ1) is 13.9. The molecule has 1 aromatic heterocycles. The Morgan fingerprint density at radius 1 is 1.07 bits per heavy atom. The van der Waals surface area contributed by atoms with Crippen LogP contribution in [0.15, 0.2) is 64.0 Å². The third-order valence-corrected chi connectivity index (χ3v) is 6.07. The van der Waals surface area contributed by atoms with E-state index in [4.69, 9.17) is 9.26 Å². The summed E-state index contributed by atoms with van der Waals surface area (Å²) >= 11 is 0. The Balaban J connectivity index is 1.70. The van der Waals surface area contributed by atoms with Gasteiger partial charge in [-0.1, -0.05) is 12.1 Å². The first-order valence-electron chi connectivity index (χ1n) is 9.27. The Morgan fingerprint density at radius 2 is 1.76 bits per heavy atom. The minimum Gasteiger partial charge on any atom is -0.494 e. The highest BCUT2D eigenvalue weighted by Gasteiger charge is 2.16. The van der Waals surface area contributed by atoms with E-state index in [1.165, 1.54) is 18.2 Å². The highest BCUT2D eigenvalue weighted by atomic mass is 32.2. The van der Waals surface area contributed by atoms with Gasteiger partial charge in [-0.05, 0) is 61.9 Å². The lowest BCUT2D eigenvalue weighted by Crippen LogP contribution is -2.12. The molecule has 29 heavy (non-hydrogen) atoms. The highest BCUT2D eigenvalue weighted by molar-refractivity contribution is 7.91. The van der Waals surface area contributed by atoms with Crippen LogP contribution in [0.5, 0.6) is 5.75 Å². The number of hydrogen-bond acceptors (Lipinski definition) is 6. The number of hydrogen-bond donors (Lipinski definition) is 1. The Kier molecular flexibility index (Phi) is 6.33. The van der Waals surface area contributed by atoms with Crippen molar-refractivity contribution in [3.63, 3.8) is 0 Å². The number of benzene rings is 2. The lowest BCUT2D eigenvalue weighted by atomic mass is 10.1. The SMILES string of the molecule is CCCS(=O)(=O)c1ccc(-c2cc(C(=O)Nc3ccc(OCC)cc3)no2)cc1. The number of ether oxygens (including phenoxy) is 1. The molecule has 0 aliphatic rings. The molecule has 3 aromatic rings. The van der Waals surface area contributed by atoms with Crippen molar-refractivity contribution < 1.29 is 22.5 Å². The highest BCUT2D eigenvalue weighted by Crippen LogP contribution is 2.24. The molecule has 0 unspecified atom stereocenters. The zero-order valence-corrected chi connectivity index (χ0v) is 17.0. The lowest BCUT2D eigenvalue weighted by molar-refractivity contribution is 0.101. The van der Waals surface area contributed by atoms with Gasteiger partial charge in [0.1, 0.15) is 5.75 Å². The maximum Gasteiger partial charge on any atom is 0.277 e. The molecular weight excluding hydrogens is 392 g/mol. The maximum atomic E-state index is 12.4. The van der Waals surface area contributed by atoms with E-state index in [-0.39, 0.29) is 16.3 Å². The van der Waals surface area contributed by atoms with E-state index < -0.39 is 15.7 Å². The lowest BCUT2D eigenvalue weighted by Gasteiger charge is -2.05. The van der Waals surface area contributed by atoms with Crippen LogP contribution < -0.4 is 10.1 Å². The largest absolute Gasteiger partial charge is 0.494 e. The van der Waals surface area contributed by atoms with Crippen LogP contribution in [0.25, 0.3) is 11.3 Å². The predicted octanol–water partition coefficient (Wildman–Crippen LogP) is 4.18. The van der Waals surface area contributed by atoms with Crippen LogP contribution in [0.2, 0.25) is 0 Å². The van der Waals surface area contributed by atoms with Crippen LogP contribution in [-0.2, 0) is 9.84 Å². The topological polar surface area (TPSA) is 98.5 Å². The van der Waals surface area contributed by atoms with Crippen LogP contribution in [0.3, 0.4) is 0 Å². The summed E-state index contributed by atoms with van der Waals surface area (Å²) in [6.07, 6.45) is 0.555. The van der Waals surface area contributed by atoms with E-state index >= 15 is 0 Å². The fourth-order valence-electron chi connectivity index (χ4n) is 2.73. The summed E-state index contributed by atoms with van der Waals surface area (Å²) < 4.78 is 34.8. The van der Waals surface area contributed by atoms with Gasteiger partial charge < -0.3 is 14.6 Å². The zero-order valence-electron chi connectivity index (χ0n) is 16.2. The summed E-state index contributed by atoms with van der Waals surface area (Å²) in [5, 5.41) is 6.55. The van der Waals surface area contributed by atoms with Gasteiger partial charge in [0.05, 0.1) is 17.3 Å². The van der Waals surface area contributed by atoms with E-state index in [1.807, 2.05) is 13.8 Å². The third-order valence-electron chi connectivity index (χ3n) is 4.14. The molecular formula is C21H22N2O5S. The van der Waals surface area contributed by atoms with Gasteiger partial charge in [-0.25, -0.2) is 8.42 Å². The van der Waals surface area contributed by atoms with Crippen molar-refractivity contribution in [2.24, 2.45) is 0 Å². The van der Waals surface area contributed by atoms with E-state index in [0.717, 1.165) is 5.75 Å². The second kappa shape index (κ2) is 8.91. The van der Waals surface area contributed by atoms with Crippen molar-refractivity contribution in [3.05, 3.63) is 60.3 Å². The van der Waals surface area contributed by atoms with Gasteiger partial charge >= 0.3 is 0 Å². The summed E-state index contributed by atoms with van der Waals surface area (Å²) in [6.45, 7) is 4.29. The number of carbonyl (C=O) groups is 1. The van der Waals surface area contributed by atoms with E-state index in [2.05, 4.69) is 10.5 Å². The van der Waals surface area contributed by atoms with Gasteiger partial charge in [-0.15, -0.1) is 0 Å². The van der Waals surface area contributed by atoms with E-state index in [1.54, 1.807) is 36.4 Å². The van der Waals surface area contributed by atoms with Crippen molar-refractivity contribution in [1.82, 2.24) is 5.16 Å². The second-order valence-corrected chi connectivity index (χ2v) is 8.44. The molecule has 0 aliphatic heterocycles. The molecule has 8 heteroatoms. The van der Waals surface area contributed by atoms with Crippen LogP contribution in [0.1, 0.15) is 30.8 Å². The van der Waals surface area contributed by atoms with Gasteiger partial charge in [0.15, 0.2) is 21.3 Å². The molecule has 0 saturated carbocycles. The molecule has 0 spiro atoms. The molecule has 1 N–H and O–H groups in total. The summed E-state index contributed by atoms with van der Waals surface area (Å²) in [4.78, 5) is 12.6. The number of sulfone groups is 1. The van der Waals surface area contributed by atoms with Gasteiger partial charge in [-0.3, -0.25) is 4.79 Å². The molecule has 3 rings (SSSR count). The van der Waals surface area contributed by atoms with Gasteiger partial charge in [0.25, 0.3) is 5.91 Å². The second-order valence-electron chi connectivity index (χ2n) is 6.33. The Labute approximate surface area is 169 Å². The molecule has 7 nitrogen and oxygen atoms in total. The summed E-state index contributed by atoms with van der Waals surface area (Å²) in [7, 11) is -3.28. The van der Waals surface area contributed by atoms with Gasteiger partial charge in [-0.2, -0.15) is 0 Å². The monoisotopic (exact) mass is 414 g/mol. The number of carbonyl (C=O) groups excluding carboxylic acids is 1. The Hall–Kier alpha value is -3.13. The predicted molar refractivity (Wildman–Crippen MR) is 110 cm³/mol. The standard InChI is InChI=1S/C21H22N2O5S/c1-3-13-29(25,26)18-11-5-15(6-12-18)20-14-19(23-28-20)21(24)22-16-7-9-17(10-8-16)27-4-2/h5-12,14H,3-4,13H2,1-2H3,(H,22,24). The molecule has 2 aromatic carbocycles. The number of rotatable bonds is 8. The van der Waals surface area contributed by atoms with Gasteiger partial charge in [0.2, 0.25) is 0 Å². The van der Waals surface area contributed by atoms with Crippen molar-refractivity contribution >= 4 is 21.4 Å². The number of anilines is 1. The quantitative estimate of drug-likeness (QED) is 0.594. The average molecular weight is 414 g/mol. The van der Waals surface area contributed by atoms with E-state index in [0.29, 0.717) is 30.0 Å². The third kappa shape index (κ3) is 5.03. The first-order valence-corrected chi connectivity index (χ1v) is 10.9. The van der Waals surface area contributed by atoms with Crippen molar-refractivity contribution in [1.29, 1.82) is 0 Å². The van der Waals surface area contributed by atoms with Crippen molar-refractivity contribution in [3.8, 4) is 17.1 Å². The van der Waals surface area contributed by atoms with Crippen molar-refractivity contribution in [2.45, 2.75) is 25.2 Å². The fraction of sp³-hybridized carbons (Fsp3) is 0.238. The normalized spacial score (nSPS) is 11.2. The minimum absolute atomic E-state index is 0.102. The number of nitrogens with one attached hydrogen (secondary N) is 1. The number of nitrogens with zero attached hydrogens (tertiary/aromatic N) is 1. The molecule has 0 saturated heterocycles. The Morgan fingerprint density at radius 3 is 2.38 bits per heavy atom.